The largest absolute Gasteiger partial charge is 0.374 e. The predicted molar refractivity (Wildman–Crippen MR) is 70.2 cm³/mol. The molecule has 1 N–H and O–H groups in total. The molecule has 0 amide bonds. The molecule has 0 spiro atoms. The molecule has 0 radical (unpaired) electrons. The van der Waals surface area contributed by atoms with Crippen molar-refractivity contribution in [3.05, 3.63) is 29.3 Å². The highest BCUT2D eigenvalue weighted by Crippen LogP contribution is 2.19. The number of nitrogens with one attached hydrogen (secondary N) is 1. The quantitative estimate of drug-likeness (QED) is 0.838. The number of hydrogen-bond acceptors (Lipinski definition) is 2. The van der Waals surface area contributed by atoms with Gasteiger partial charge in [-0.05, 0) is 62.5 Å². The second kappa shape index (κ2) is 4.88. The Bertz CT molecular complexity index is 354. The lowest BCUT2D eigenvalue weighted by Crippen LogP contribution is -2.26. The molecular formula is C14H22N2. The van der Waals surface area contributed by atoms with Crippen LogP contribution in [0.5, 0.6) is 0 Å². The molecule has 1 saturated heterocycles. The SMILES string of the molecule is Cc1ccc(N(C)CC2CCNC2)cc1C. The molecule has 88 valence electrons. The minimum Gasteiger partial charge on any atom is -0.374 e. The van der Waals surface area contributed by atoms with Gasteiger partial charge in [0.1, 0.15) is 0 Å². The van der Waals surface area contributed by atoms with Gasteiger partial charge in [-0.2, -0.15) is 0 Å². The maximum absolute atomic E-state index is 3.42. The molecule has 0 aliphatic carbocycles. The van der Waals surface area contributed by atoms with Gasteiger partial charge in [-0.3, -0.25) is 0 Å². The van der Waals surface area contributed by atoms with Crippen LogP contribution in [0.25, 0.3) is 0 Å². The van der Waals surface area contributed by atoms with Crippen molar-refractivity contribution >= 4 is 5.69 Å². The van der Waals surface area contributed by atoms with Gasteiger partial charge >= 0.3 is 0 Å². The summed E-state index contributed by atoms with van der Waals surface area (Å²) in [5.74, 6) is 0.812. The lowest BCUT2D eigenvalue weighted by Gasteiger charge is -2.23. The number of nitrogens with zero attached hydrogens (tertiary/aromatic N) is 1. The van der Waals surface area contributed by atoms with E-state index in [1.807, 2.05) is 0 Å². The fraction of sp³-hybridized carbons (Fsp3) is 0.571. The molecule has 2 nitrogen and oxygen atoms in total. The van der Waals surface area contributed by atoms with Crippen LogP contribution in [0.3, 0.4) is 0 Å². The third-order valence-electron chi connectivity index (χ3n) is 3.63. The van der Waals surface area contributed by atoms with Gasteiger partial charge in [0.05, 0.1) is 0 Å². The maximum atomic E-state index is 3.42. The molecule has 1 aromatic rings. The topological polar surface area (TPSA) is 15.3 Å². The molecule has 0 saturated carbocycles. The van der Waals surface area contributed by atoms with E-state index in [1.165, 1.54) is 36.3 Å². The number of anilines is 1. The Morgan fingerprint density at radius 1 is 1.31 bits per heavy atom. The third kappa shape index (κ3) is 2.56. The normalized spacial score (nSPS) is 20.1. The van der Waals surface area contributed by atoms with Gasteiger partial charge in [-0.25, -0.2) is 0 Å². The van der Waals surface area contributed by atoms with E-state index in [2.05, 4.69) is 49.3 Å². The summed E-state index contributed by atoms with van der Waals surface area (Å²) in [6, 6.07) is 6.73. The van der Waals surface area contributed by atoms with Crippen molar-refractivity contribution in [2.75, 3.05) is 31.6 Å². The summed E-state index contributed by atoms with van der Waals surface area (Å²) in [6.45, 7) is 7.87. The molecule has 1 heterocycles. The second-order valence-corrected chi connectivity index (χ2v) is 5.01. The van der Waals surface area contributed by atoms with Gasteiger partial charge in [0.15, 0.2) is 0 Å². The molecule has 1 aliphatic heterocycles. The first-order valence-corrected chi connectivity index (χ1v) is 6.16. The highest BCUT2D eigenvalue weighted by Gasteiger charge is 2.16. The highest BCUT2D eigenvalue weighted by molar-refractivity contribution is 5.50. The van der Waals surface area contributed by atoms with Crippen molar-refractivity contribution in [1.29, 1.82) is 0 Å². The summed E-state index contributed by atoms with van der Waals surface area (Å²) < 4.78 is 0. The van der Waals surface area contributed by atoms with Gasteiger partial charge in [0.2, 0.25) is 0 Å². The summed E-state index contributed by atoms with van der Waals surface area (Å²) >= 11 is 0. The Kier molecular flexibility index (Phi) is 3.49. The van der Waals surface area contributed by atoms with Crippen LogP contribution in [0.15, 0.2) is 18.2 Å². The minimum atomic E-state index is 0.812. The van der Waals surface area contributed by atoms with Crippen LogP contribution in [0.1, 0.15) is 17.5 Å². The molecule has 0 bridgehead atoms. The summed E-state index contributed by atoms with van der Waals surface area (Å²) in [5.41, 5.74) is 4.10. The van der Waals surface area contributed by atoms with Crippen LogP contribution in [0.2, 0.25) is 0 Å². The van der Waals surface area contributed by atoms with Crippen LogP contribution in [0.4, 0.5) is 5.69 Å². The van der Waals surface area contributed by atoms with E-state index >= 15 is 0 Å². The number of benzene rings is 1. The Morgan fingerprint density at radius 2 is 2.12 bits per heavy atom. The minimum absolute atomic E-state index is 0.812. The van der Waals surface area contributed by atoms with E-state index in [0.717, 1.165) is 12.5 Å². The fourth-order valence-corrected chi connectivity index (χ4v) is 2.33. The van der Waals surface area contributed by atoms with Crippen molar-refractivity contribution < 1.29 is 0 Å². The molecule has 1 fully saturated rings. The first-order chi connectivity index (χ1) is 7.66. The predicted octanol–water partition coefficient (Wildman–Crippen LogP) is 2.35. The summed E-state index contributed by atoms with van der Waals surface area (Å²) in [7, 11) is 2.20. The van der Waals surface area contributed by atoms with Gasteiger partial charge in [0.25, 0.3) is 0 Å². The second-order valence-electron chi connectivity index (χ2n) is 5.01. The summed E-state index contributed by atoms with van der Waals surface area (Å²) in [6.07, 6.45) is 1.31. The van der Waals surface area contributed by atoms with E-state index < -0.39 is 0 Å². The van der Waals surface area contributed by atoms with Crippen molar-refractivity contribution in [2.45, 2.75) is 20.3 Å². The molecule has 1 aliphatic rings. The van der Waals surface area contributed by atoms with Crippen LogP contribution in [-0.4, -0.2) is 26.7 Å². The van der Waals surface area contributed by atoms with E-state index in [9.17, 15) is 0 Å². The smallest absolute Gasteiger partial charge is 0.0366 e. The number of hydrogen-bond donors (Lipinski definition) is 1. The monoisotopic (exact) mass is 218 g/mol. The maximum Gasteiger partial charge on any atom is 0.0366 e. The van der Waals surface area contributed by atoms with E-state index in [-0.39, 0.29) is 0 Å². The Balaban J connectivity index is 2.02. The molecule has 0 aromatic heterocycles. The molecule has 2 rings (SSSR count). The van der Waals surface area contributed by atoms with Gasteiger partial charge < -0.3 is 10.2 Å². The number of rotatable bonds is 3. The zero-order valence-corrected chi connectivity index (χ0v) is 10.6. The van der Waals surface area contributed by atoms with Crippen LogP contribution in [0, 0.1) is 19.8 Å². The average molecular weight is 218 g/mol. The Morgan fingerprint density at radius 3 is 2.75 bits per heavy atom. The third-order valence-corrected chi connectivity index (χ3v) is 3.63. The Hall–Kier alpha value is -1.02. The van der Waals surface area contributed by atoms with Crippen LogP contribution < -0.4 is 10.2 Å². The first-order valence-electron chi connectivity index (χ1n) is 6.16. The molecule has 1 unspecified atom stereocenters. The highest BCUT2D eigenvalue weighted by atomic mass is 15.1. The molecule has 16 heavy (non-hydrogen) atoms. The van der Waals surface area contributed by atoms with Crippen molar-refractivity contribution in [3.8, 4) is 0 Å². The lowest BCUT2D eigenvalue weighted by molar-refractivity contribution is 0.578. The average Bonchev–Trinajstić information content (AvgIpc) is 2.74. The zero-order valence-electron chi connectivity index (χ0n) is 10.6. The Labute approximate surface area is 98.7 Å². The van der Waals surface area contributed by atoms with Crippen LogP contribution >= 0.6 is 0 Å². The molecule has 1 aromatic carbocycles. The molecule has 2 heteroatoms. The van der Waals surface area contributed by atoms with Crippen LogP contribution in [-0.2, 0) is 0 Å². The lowest BCUT2D eigenvalue weighted by atomic mass is 10.1. The fourth-order valence-electron chi connectivity index (χ4n) is 2.33. The van der Waals surface area contributed by atoms with E-state index in [0.29, 0.717) is 0 Å². The van der Waals surface area contributed by atoms with Crippen molar-refractivity contribution in [3.63, 3.8) is 0 Å². The molecule has 1 atom stereocenters. The van der Waals surface area contributed by atoms with Gasteiger partial charge in [-0.15, -0.1) is 0 Å². The van der Waals surface area contributed by atoms with Crippen molar-refractivity contribution in [1.82, 2.24) is 5.32 Å². The van der Waals surface area contributed by atoms with Gasteiger partial charge in [-0.1, -0.05) is 6.07 Å². The van der Waals surface area contributed by atoms with E-state index in [4.69, 9.17) is 0 Å². The van der Waals surface area contributed by atoms with Crippen molar-refractivity contribution in [2.24, 2.45) is 5.92 Å². The van der Waals surface area contributed by atoms with Gasteiger partial charge in [0, 0.05) is 19.3 Å². The van der Waals surface area contributed by atoms with E-state index in [1.54, 1.807) is 0 Å². The zero-order chi connectivity index (χ0) is 11.5. The standard InChI is InChI=1S/C14H22N2/c1-11-4-5-14(8-12(11)2)16(3)10-13-6-7-15-9-13/h4-5,8,13,15H,6-7,9-10H2,1-3H3. The number of aryl methyl sites for hydroxylation is 2. The summed E-state index contributed by atoms with van der Waals surface area (Å²) in [4.78, 5) is 2.38. The first kappa shape index (κ1) is 11.5. The summed E-state index contributed by atoms with van der Waals surface area (Å²) in [5, 5.41) is 3.42. The molecular weight excluding hydrogens is 196 g/mol.